The molecule has 1 aromatic rings. The van der Waals surface area contributed by atoms with Crippen molar-refractivity contribution in [3.63, 3.8) is 0 Å². The highest BCUT2D eigenvalue weighted by Gasteiger charge is 2.29. The van der Waals surface area contributed by atoms with Crippen molar-refractivity contribution >= 4 is 29.0 Å². The maximum absolute atomic E-state index is 13.6. The Balaban J connectivity index is 1.27. The standard InChI is InChI=1S/C20H21ClFN5O2/c21-16-5-13(22)6-17-15(16)8-18(24-17)20(28)26-2-3-27-14(10-26)7-19(25-27)23-9-12-1-4-29-11-12/h6-8,12H,1-5,9-11H2,(H,23,25). The summed E-state index contributed by atoms with van der Waals surface area (Å²) in [6, 6.07) is 1.99. The molecule has 152 valence electrons. The number of hydrogen-bond acceptors (Lipinski definition) is 5. The number of anilines is 1. The van der Waals surface area contributed by atoms with Gasteiger partial charge >= 0.3 is 0 Å². The van der Waals surface area contributed by atoms with E-state index in [1.165, 1.54) is 6.08 Å². The third kappa shape index (κ3) is 3.62. The Morgan fingerprint density at radius 2 is 2.28 bits per heavy atom. The van der Waals surface area contributed by atoms with E-state index in [4.69, 9.17) is 16.3 Å². The molecule has 0 saturated carbocycles. The van der Waals surface area contributed by atoms with E-state index in [-0.39, 0.29) is 18.2 Å². The second-order valence-electron chi connectivity index (χ2n) is 7.69. The number of carbonyl (C=O) groups excluding carboxylic acids is 1. The van der Waals surface area contributed by atoms with E-state index in [0.717, 1.165) is 37.7 Å². The number of aliphatic imine (C=N–C) groups is 1. The monoisotopic (exact) mass is 417 g/mol. The average Bonchev–Trinajstić information content (AvgIpc) is 3.43. The quantitative estimate of drug-likeness (QED) is 0.817. The van der Waals surface area contributed by atoms with E-state index >= 15 is 0 Å². The number of nitrogens with zero attached hydrogens (tertiary/aromatic N) is 4. The first-order chi connectivity index (χ1) is 14.1. The van der Waals surface area contributed by atoms with E-state index in [2.05, 4.69) is 15.4 Å². The Morgan fingerprint density at radius 1 is 1.38 bits per heavy atom. The highest BCUT2D eigenvalue weighted by Crippen LogP contribution is 2.33. The zero-order valence-corrected chi connectivity index (χ0v) is 16.6. The molecule has 7 nitrogen and oxygen atoms in total. The van der Waals surface area contributed by atoms with E-state index in [1.54, 1.807) is 11.0 Å². The van der Waals surface area contributed by atoms with Crippen molar-refractivity contribution in [1.82, 2.24) is 14.7 Å². The zero-order chi connectivity index (χ0) is 20.0. The smallest absolute Gasteiger partial charge is 0.272 e. The zero-order valence-electron chi connectivity index (χ0n) is 15.8. The predicted molar refractivity (Wildman–Crippen MR) is 107 cm³/mol. The third-order valence-electron chi connectivity index (χ3n) is 5.61. The molecule has 1 aliphatic carbocycles. The molecular formula is C20H21ClFN5O2. The number of halogens is 2. The molecule has 0 aromatic carbocycles. The lowest BCUT2D eigenvalue weighted by Crippen LogP contribution is -2.38. The number of ether oxygens (including phenoxy) is 1. The van der Waals surface area contributed by atoms with Crippen molar-refractivity contribution in [2.75, 3.05) is 31.6 Å². The summed E-state index contributed by atoms with van der Waals surface area (Å²) in [5, 5.41) is 8.35. The molecule has 5 rings (SSSR count). The molecule has 1 atom stereocenters. The van der Waals surface area contributed by atoms with Crippen LogP contribution in [-0.4, -0.2) is 52.6 Å². The van der Waals surface area contributed by atoms with Gasteiger partial charge in [-0.15, -0.1) is 0 Å². The van der Waals surface area contributed by atoms with Crippen LogP contribution in [0.5, 0.6) is 0 Å². The second kappa shape index (κ2) is 7.42. The molecule has 1 N–H and O–H groups in total. The summed E-state index contributed by atoms with van der Waals surface area (Å²) < 4.78 is 20.9. The van der Waals surface area contributed by atoms with Gasteiger partial charge in [-0.1, -0.05) is 11.6 Å². The van der Waals surface area contributed by atoms with Gasteiger partial charge in [-0.3, -0.25) is 9.48 Å². The first-order valence-electron chi connectivity index (χ1n) is 9.80. The van der Waals surface area contributed by atoms with Gasteiger partial charge in [-0.2, -0.15) is 5.10 Å². The fourth-order valence-electron chi connectivity index (χ4n) is 3.99. The molecule has 4 heterocycles. The molecule has 1 fully saturated rings. The number of amides is 1. The summed E-state index contributed by atoms with van der Waals surface area (Å²) >= 11 is 6.14. The van der Waals surface area contributed by atoms with Crippen LogP contribution in [0.25, 0.3) is 0 Å². The average molecular weight is 418 g/mol. The van der Waals surface area contributed by atoms with Crippen LogP contribution >= 0.6 is 11.6 Å². The molecule has 1 amide bonds. The van der Waals surface area contributed by atoms with Crippen LogP contribution < -0.4 is 5.32 Å². The highest BCUT2D eigenvalue weighted by molar-refractivity contribution is 6.35. The lowest BCUT2D eigenvalue weighted by molar-refractivity contribution is -0.128. The summed E-state index contributed by atoms with van der Waals surface area (Å²) in [7, 11) is 0. The summed E-state index contributed by atoms with van der Waals surface area (Å²) in [4.78, 5) is 19.0. The molecule has 0 bridgehead atoms. The van der Waals surface area contributed by atoms with Crippen LogP contribution in [0.15, 0.2) is 45.3 Å². The molecule has 1 saturated heterocycles. The Bertz CT molecular complexity index is 987. The fraction of sp³-hybridized carbons (Fsp3) is 0.450. The number of carbonyl (C=O) groups is 1. The lowest BCUT2D eigenvalue weighted by atomic mass is 10.0. The SMILES string of the molecule is O=C(C1=CC2=C(Cl)CC(F)=CC2=N1)N1CCn2nc(NCC3CCOC3)cc2C1. The molecule has 0 spiro atoms. The number of allylic oxidation sites excluding steroid dienone is 5. The number of rotatable bonds is 4. The van der Waals surface area contributed by atoms with Gasteiger partial charge in [0.15, 0.2) is 0 Å². The number of hydrogen-bond donors (Lipinski definition) is 1. The number of nitrogens with one attached hydrogen (secondary N) is 1. The van der Waals surface area contributed by atoms with Crippen molar-refractivity contribution in [2.45, 2.75) is 25.9 Å². The van der Waals surface area contributed by atoms with Gasteiger partial charge < -0.3 is 15.0 Å². The van der Waals surface area contributed by atoms with E-state index < -0.39 is 0 Å². The molecule has 1 aromatic heterocycles. The first-order valence-corrected chi connectivity index (χ1v) is 10.2. The molecule has 9 heteroatoms. The van der Waals surface area contributed by atoms with E-state index in [1.807, 2.05) is 10.7 Å². The van der Waals surface area contributed by atoms with Crippen LogP contribution in [0.2, 0.25) is 0 Å². The van der Waals surface area contributed by atoms with Gasteiger partial charge in [0.1, 0.15) is 17.3 Å². The topological polar surface area (TPSA) is 71.8 Å². The number of aromatic nitrogens is 2. The van der Waals surface area contributed by atoms with Gasteiger partial charge in [0.25, 0.3) is 5.91 Å². The van der Waals surface area contributed by atoms with Crippen molar-refractivity contribution in [3.8, 4) is 0 Å². The first kappa shape index (κ1) is 18.6. The van der Waals surface area contributed by atoms with Crippen molar-refractivity contribution in [1.29, 1.82) is 0 Å². The van der Waals surface area contributed by atoms with E-state index in [0.29, 0.717) is 47.6 Å². The molecule has 29 heavy (non-hydrogen) atoms. The largest absolute Gasteiger partial charge is 0.381 e. The minimum Gasteiger partial charge on any atom is -0.381 e. The van der Waals surface area contributed by atoms with Crippen molar-refractivity contribution in [2.24, 2.45) is 10.9 Å². The maximum atomic E-state index is 13.6. The third-order valence-corrected chi connectivity index (χ3v) is 5.94. The normalized spacial score (nSPS) is 23.4. The molecule has 1 unspecified atom stereocenters. The van der Waals surface area contributed by atoms with Gasteiger partial charge in [-0.25, -0.2) is 9.38 Å². The van der Waals surface area contributed by atoms with Gasteiger partial charge in [0.05, 0.1) is 31.1 Å². The molecule has 3 aliphatic heterocycles. The van der Waals surface area contributed by atoms with Gasteiger partial charge in [0.2, 0.25) is 0 Å². The van der Waals surface area contributed by atoms with Crippen LogP contribution in [0.4, 0.5) is 10.2 Å². The Kier molecular flexibility index (Phi) is 4.75. The summed E-state index contributed by atoms with van der Waals surface area (Å²) in [6.07, 6.45) is 4.13. The molecule has 4 aliphatic rings. The van der Waals surface area contributed by atoms with Crippen LogP contribution in [0.3, 0.4) is 0 Å². The Morgan fingerprint density at radius 3 is 3.10 bits per heavy atom. The van der Waals surface area contributed by atoms with E-state index in [9.17, 15) is 9.18 Å². The van der Waals surface area contributed by atoms with Crippen molar-refractivity contribution < 1.29 is 13.9 Å². The number of fused-ring (bicyclic) bond motifs is 2. The Hall–Kier alpha value is -2.45. The predicted octanol–water partition coefficient (Wildman–Crippen LogP) is 2.76. The fourth-order valence-corrected chi connectivity index (χ4v) is 4.27. The lowest BCUT2D eigenvalue weighted by Gasteiger charge is -2.27. The summed E-state index contributed by atoms with van der Waals surface area (Å²) in [6.45, 7) is 4.08. The van der Waals surface area contributed by atoms with Crippen LogP contribution in [-0.2, 0) is 22.6 Å². The van der Waals surface area contributed by atoms with Crippen LogP contribution in [0, 0.1) is 5.92 Å². The van der Waals surface area contributed by atoms with Gasteiger partial charge in [-0.05, 0) is 18.6 Å². The summed E-state index contributed by atoms with van der Waals surface area (Å²) in [5.41, 5.74) is 2.33. The molecular weight excluding hydrogens is 397 g/mol. The maximum Gasteiger partial charge on any atom is 0.272 e. The summed E-state index contributed by atoms with van der Waals surface area (Å²) in [5.74, 6) is 0.822. The Labute approximate surface area is 172 Å². The van der Waals surface area contributed by atoms with Gasteiger partial charge in [0, 0.05) is 48.7 Å². The minimum absolute atomic E-state index is 0.0551. The van der Waals surface area contributed by atoms with Crippen molar-refractivity contribution in [3.05, 3.63) is 46.0 Å². The molecule has 0 radical (unpaired) electrons. The van der Waals surface area contributed by atoms with Crippen LogP contribution in [0.1, 0.15) is 18.5 Å². The minimum atomic E-state index is -0.342. The highest BCUT2D eigenvalue weighted by atomic mass is 35.5. The second-order valence-corrected chi connectivity index (χ2v) is 8.15.